The first kappa shape index (κ1) is 23.4. The maximum atomic E-state index is 13.0. The lowest BCUT2D eigenvalue weighted by molar-refractivity contribution is 0.120. The standard InChI is InChI=1S/C26H32N4O2S/c31-25(32-20-24-19-28-21-33-24)29-26(17-22-7-3-1-4-8-22,18-23-9-5-2-6-10-23)11-14-30-15-12-27-13-16-30/h1-10,19,21,27H,11-18,20H2,(H,29,31). The van der Waals surface area contributed by atoms with Gasteiger partial charge in [0.15, 0.2) is 0 Å². The minimum atomic E-state index is -0.460. The van der Waals surface area contributed by atoms with Crippen LogP contribution < -0.4 is 10.6 Å². The molecule has 0 atom stereocenters. The van der Waals surface area contributed by atoms with Crippen LogP contribution in [0.5, 0.6) is 0 Å². The summed E-state index contributed by atoms with van der Waals surface area (Å²) in [6.07, 6.45) is 3.68. The van der Waals surface area contributed by atoms with E-state index in [1.807, 2.05) is 12.1 Å². The van der Waals surface area contributed by atoms with Gasteiger partial charge < -0.3 is 20.3 Å². The van der Waals surface area contributed by atoms with E-state index in [4.69, 9.17) is 4.74 Å². The summed E-state index contributed by atoms with van der Waals surface area (Å²) in [6.45, 7) is 5.24. The molecule has 4 rings (SSSR count). The molecule has 1 aliphatic heterocycles. The van der Waals surface area contributed by atoms with Crippen LogP contribution in [0.15, 0.2) is 72.4 Å². The van der Waals surface area contributed by atoms with Crippen molar-refractivity contribution in [1.29, 1.82) is 0 Å². The van der Waals surface area contributed by atoms with Gasteiger partial charge in [-0.1, -0.05) is 60.7 Å². The molecule has 0 spiro atoms. The SMILES string of the molecule is O=C(NC(CCN1CCNCC1)(Cc1ccccc1)Cc1ccccc1)OCc1cncs1. The van der Waals surface area contributed by atoms with E-state index in [-0.39, 0.29) is 12.7 Å². The van der Waals surface area contributed by atoms with Crippen molar-refractivity contribution >= 4 is 17.4 Å². The summed E-state index contributed by atoms with van der Waals surface area (Å²) in [5, 5.41) is 6.73. The monoisotopic (exact) mass is 464 g/mol. The lowest BCUT2D eigenvalue weighted by atomic mass is 9.81. The summed E-state index contributed by atoms with van der Waals surface area (Å²) in [7, 11) is 0. The van der Waals surface area contributed by atoms with E-state index in [0.29, 0.717) is 0 Å². The fourth-order valence-electron chi connectivity index (χ4n) is 4.37. The van der Waals surface area contributed by atoms with Gasteiger partial charge >= 0.3 is 6.09 Å². The largest absolute Gasteiger partial charge is 0.444 e. The number of hydrogen-bond donors (Lipinski definition) is 2. The highest BCUT2D eigenvalue weighted by Gasteiger charge is 2.34. The Morgan fingerprint density at radius 2 is 1.67 bits per heavy atom. The number of hydrogen-bond acceptors (Lipinski definition) is 6. The van der Waals surface area contributed by atoms with Crippen molar-refractivity contribution in [2.45, 2.75) is 31.4 Å². The Labute approximate surface area is 200 Å². The van der Waals surface area contributed by atoms with E-state index in [1.54, 1.807) is 11.7 Å². The minimum absolute atomic E-state index is 0.237. The van der Waals surface area contributed by atoms with Crippen LogP contribution in [-0.2, 0) is 24.2 Å². The zero-order valence-corrected chi connectivity index (χ0v) is 19.7. The number of nitrogens with one attached hydrogen (secondary N) is 2. The number of carbonyl (C=O) groups is 1. The smallest absolute Gasteiger partial charge is 0.407 e. The van der Waals surface area contributed by atoms with Gasteiger partial charge in [-0.3, -0.25) is 4.98 Å². The molecule has 3 aromatic rings. The molecule has 1 saturated heterocycles. The van der Waals surface area contributed by atoms with Gasteiger partial charge in [0.25, 0.3) is 0 Å². The average Bonchev–Trinajstić information content (AvgIpc) is 3.37. The molecule has 6 nitrogen and oxygen atoms in total. The molecule has 1 aromatic heterocycles. The second-order valence-electron chi connectivity index (χ2n) is 8.62. The first-order valence-corrected chi connectivity index (χ1v) is 12.4. The van der Waals surface area contributed by atoms with Crippen LogP contribution in [0.2, 0.25) is 0 Å². The van der Waals surface area contributed by atoms with E-state index < -0.39 is 5.54 Å². The highest BCUT2D eigenvalue weighted by Crippen LogP contribution is 2.25. The maximum absolute atomic E-state index is 13.0. The molecule has 0 unspecified atom stereocenters. The zero-order chi connectivity index (χ0) is 22.8. The molecule has 1 amide bonds. The van der Waals surface area contributed by atoms with Crippen molar-refractivity contribution in [2.75, 3.05) is 32.7 Å². The van der Waals surface area contributed by atoms with E-state index >= 15 is 0 Å². The Morgan fingerprint density at radius 1 is 1.03 bits per heavy atom. The van der Waals surface area contributed by atoms with E-state index in [0.717, 1.165) is 56.9 Å². The summed E-state index contributed by atoms with van der Waals surface area (Å²) in [4.78, 5) is 20.5. The summed E-state index contributed by atoms with van der Waals surface area (Å²) in [5.41, 5.74) is 3.70. The lowest BCUT2D eigenvalue weighted by Crippen LogP contribution is -2.54. The molecule has 174 valence electrons. The molecule has 33 heavy (non-hydrogen) atoms. The van der Waals surface area contributed by atoms with Gasteiger partial charge in [0, 0.05) is 38.9 Å². The summed E-state index contributed by atoms with van der Waals surface area (Å²) in [6, 6.07) is 20.8. The molecule has 0 aliphatic carbocycles. The Bertz CT molecular complexity index is 919. The highest BCUT2D eigenvalue weighted by molar-refractivity contribution is 7.09. The fourth-order valence-corrected chi connectivity index (χ4v) is 4.88. The molecule has 0 bridgehead atoms. The van der Waals surface area contributed by atoms with Crippen molar-refractivity contribution in [1.82, 2.24) is 20.5 Å². The Kier molecular flexibility index (Phi) is 8.47. The molecule has 1 fully saturated rings. The van der Waals surface area contributed by atoms with Crippen LogP contribution in [0.4, 0.5) is 4.79 Å². The third-order valence-corrected chi connectivity index (χ3v) is 6.84. The first-order chi connectivity index (χ1) is 16.2. The molecule has 1 aliphatic rings. The van der Waals surface area contributed by atoms with E-state index in [1.165, 1.54) is 22.5 Å². The van der Waals surface area contributed by atoms with E-state index in [2.05, 4.69) is 69.0 Å². The number of ether oxygens (including phenoxy) is 1. The molecule has 7 heteroatoms. The normalized spacial score (nSPS) is 14.7. The Hall–Kier alpha value is -2.74. The second kappa shape index (κ2) is 11.9. The maximum Gasteiger partial charge on any atom is 0.407 e. The molecule has 0 saturated carbocycles. The van der Waals surface area contributed by atoms with Crippen LogP contribution in [0.25, 0.3) is 0 Å². The molecule has 2 heterocycles. The van der Waals surface area contributed by atoms with Crippen molar-refractivity contribution in [3.8, 4) is 0 Å². The molecule has 0 radical (unpaired) electrons. The predicted octanol–water partition coefficient (Wildman–Crippen LogP) is 3.89. The van der Waals surface area contributed by atoms with E-state index in [9.17, 15) is 4.79 Å². The predicted molar refractivity (Wildman–Crippen MR) is 132 cm³/mol. The summed E-state index contributed by atoms with van der Waals surface area (Å²) >= 11 is 1.49. The third-order valence-electron chi connectivity index (χ3n) is 6.08. The first-order valence-electron chi connectivity index (χ1n) is 11.5. The van der Waals surface area contributed by atoms with Crippen LogP contribution in [0, 0.1) is 0 Å². The molecule has 2 aromatic carbocycles. The van der Waals surface area contributed by atoms with Gasteiger partial charge in [-0.05, 0) is 30.4 Å². The van der Waals surface area contributed by atoms with Gasteiger partial charge in [0.05, 0.1) is 15.9 Å². The Morgan fingerprint density at radius 3 is 2.24 bits per heavy atom. The second-order valence-corrected chi connectivity index (χ2v) is 9.59. The number of alkyl carbamates (subject to hydrolysis) is 1. The van der Waals surface area contributed by atoms with Crippen molar-refractivity contribution in [3.05, 3.63) is 88.4 Å². The van der Waals surface area contributed by atoms with Crippen LogP contribution in [0.1, 0.15) is 22.4 Å². The number of nitrogens with zero attached hydrogens (tertiary/aromatic N) is 2. The minimum Gasteiger partial charge on any atom is -0.444 e. The molecular weight excluding hydrogens is 432 g/mol. The summed E-state index contributed by atoms with van der Waals surface area (Å²) in [5.74, 6) is 0. The highest BCUT2D eigenvalue weighted by atomic mass is 32.1. The summed E-state index contributed by atoms with van der Waals surface area (Å²) < 4.78 is 5.61. The topological polar surface area (TPSA) is 66.5 Å². The lowest BCUT2D eigenvalue weighted by Gasteiger charge is -2.38. The van der Waals surface area contributed by atoms with Gasteiger partial charge in [0.1, 0.15) is 6.61 Å². The van der Waals surface area contributed by atoms with Crippen molar-refractivity contribution in [3.63, 3.8) is 0 Å². The number of rotatable bonds is 10. The van der Waals surface area contributed by atoms with Crippen molar-refractivity contribution in [2.24, 2.45) is 0 Å². The van der Waals surface area contributed by atoms with Crippen LogP contribution in [-0.4, -0.2) is 54.2 Å². The molecular formula is C26H32N4O2S. The number of amides is 1. The van der Waals surface area contributed by atoms with Gasteiger partial charge in [-0.2, -0.15) is 0 Å². The third kappa shape index (κ3) is 7.39. The van der Waals surface area contributed by atoms with Crippen molar-refractivity contribution < 1.29 is 9.53 Å². The fraction of sp³-hybridized carbons (Fsp3) is 0.385. The zero-order valence-electron chi connectivity index (χ0n) is 18.9. The number of carbonyl (C=O) groups excluding carboxylic acids is 1. The van der Waals surface area contributed by atoms with Gasteiger partial charge in [0.2, 0.25) is 0 Å². The quantitative estimate of drug-likeness (QED) is 0.477. The van der Waals surface area contributed by atoms with Gasteiger partial charge in [-0.15, -0.1) is 11.3 Å². The number of aromatic nitrogens is 1. The van der Waals surface area contributed by atoms with Crippen LogP contribution >= 0.6 is 11.3 Å². The van der Waals surface area contributed by atoms with Gasteiger partial charge in [-0.25, -0.2) is 4.79 Å². The Balaban J connectivity index is 1.55. The van der Waals surface area contributed by atoms with Crippen LogP contribution in [0.3, 0.4) is 0 Å². The average molecular weight is 465 g/mol. The number of piperazine rings is 1. The number of benzene rings is 2. The molecule has 2 N–H and O–H groups in total. The number of thiazole rings is 1.